The smallest absolute Gasteiger partial charge is 0.119 e. The van der Waals surface area contributed by atoms with E-state index in [0.717, 1.165) is 5.75 Å². The third-order valence-electron chi connectivity index (χ3n) is 1.55. The van der Waals surface area contributed by atoms with E-state index in [9.17, 15) is 0 Å². The van der Waals surface area contributed by atoms with Gasteiger partial charge in [0.25, 0.3) is 0 Å². The maximum atomic E-state index is 5.43. The van der Waals surface area contributed by atoms with Gasteiger partial charge in [0.05, 0.1) is 12.7 Å². The standard InChI is InChI=1S/C11H16O2.C2H6/c1-10(2)12-8-9-13-11-6-4-3-5-7-11;1-2/h3-7,10H,8-9H2,1-2H3;1-2H3. The van der Waals surface area contributed by atoms with Gasteiger partial charge in [0.2, 0.25) is 0 Å². The first-order valence-corrected chi connectivity index (χ1v) is 5.58. The topological polar surface area (TPSA) is 18.5 Å². The molecule has 0 saturated heterocycles. The van der Waals surface area contributed by atoms with Crippen molar-refractivity contribution in [2.45, 2.75) is 33.8 Å². The number of para-hydroxylation sites is 1. The highest BCUT2D eigenvalue weighted by atomic mass is 16.5. The Balaban J connectivity index is 0.000000921. The third-order valence-corrected chi connectivity index (χ3v) is 1.55. The largest absolute Gasteiger partial charge is 0.491 e. The molecular formula is C13H22O2. The van der Waals surface area contributed by atoms with E-state index in [1.54, 1.807) is 0 Å². The Labute approximate surface area is 93.2 Å². The summed E-state index contributed by atoms with van der Waals surface area (Å²) in [6.07, 6.45) is 0.277. The molecule has 0 heterocycles. The second kappa shape index (κ2) is 9.53. The Morgan fingerprint density at radius 1 is 1.00 bits per heavy atom. The summed E-state index contributed by atoms with van der Waals surface area (Å²) in [5, 5.41) is 0. The molecule has 0 N–H and O–H groups in total. The van der Waals surface area contributed by atoms with E-state index in [4.69, 9.17) is 9.47 Å². The van der Waals surface area contributed by atoms with Gasteiger partial charge in [-0.25, -0.2) is 0 Å². The van der Waals surface area contributed by atoms with Crippen molar-refractivity contribution < 1.29 is 9.47 Å². The van der Waals surface area contributed by atoms with Crippen molar-refractivity contribution in [1.29, 1.82) is 0 Å². The van der Waals surface area contributed by atoms with Gasteiger partial charge in [0.1, 0.15) is 12.4 Å². The number of hydrogen-bond acceptors (Lipinski definition) is 2. The van der Waals surface area contributed by atoms with Gasteiger partial charge in [-0.2, -0.15) is 0 Å². The molecule has 0 aromatic heterocycles. The molecule has 0 radical (unpaired) electrons. The second-order valence-electron chi connectivity index (χ2n) is 3.08. The Morgan fingerprint density at radius 3 is 2.13 bits per heavy atom. The molecule has 2 heteroatoms. The second-order valence-corrected chi connectivity index (χ2v) is 3.08. The molecule has 0 unspecified atom stereocenters. The van der Waals surface area contributed by atoms with Crippen LogP contribution in [-0.2, 0) is 4.74 Å². The van der Waals surface area contributed by atoms with E-state index in [-0.39, 0.29) is 6.10 Å². The van der Waals surface area contributed by atoms with E-state index >= 15 is 0 Å². The molecule has 1 aromatic rings. The number of benzene rings is 1. The summed E-state index contributed by atoms with van der Waals surface area (Å²) in [6.45, 7) is 9.29. The lowest BCUT2D eigenvalue weighted by Gasteiger charge is -2.08. The maximum Gasteiger partial charge on any atom is 0.119 e. The molecule has 0 bridgehead atoms. The molecular weight excluding hydrogens is 188 g/mol. The monoisotopic (exact) mass is 210 g/mol. The minimum Gasteiger partial charge on any atom is -0.491 e. The molecule has 0 amide bonds. The SMILES string of the molecule is CC.CC(C)OCCOc1ccccc1. The van der Waals surface area contributed by atoms with Crippen LogP contribution in [0.3, 0.4) is 0 Å². The van der Waals surface area contributed by atoms with Gasteiger partial charge in [0.15, 0.2) is 0 Å². The molecule has 1 rings (SSSR count). The lowest BCUT2D eigenvalue weighted by atomic mass is 10.3. The van der Waals surface area contributed by atoms with Crippen LogP contribution in [0, 0.1) is 0 Å². The van der Waals surface area contributed by atoms with Crippen LogP contribution in [-0.4, -0.2) is 19.3 Å². The fourth-order valence-electron chi connectivity index (χ4n) is 0.960. The summed E-state index contributed by atoms with van der Waals surface area (Å²) in [5.41, 5.74) is 0. The van der Waals surface area contributed by atoms with Gasteiger partial charge in [-0.05, 0) is 26.0 Å². The van der Waals surface area contributed by atoms with E-state index in [2.05, 4.69) is 0 Å². The lowest BCUT2D eigenvalue weighted by molar-refractivity contribution is 0.0553. The maximum absolute atomic E-state index is 5.43. The quantitative estimate of drug-likeness (QED) is 0.692. The Hall–Kier alpha value is -1.02. The van der Waals surface area contributed by atoms with Crippen molar-refractivity contribution in [1.82, 2.24) is 0 Å². The molecule has 0 atom stereocenters. The van der Waals surface area contributed by atoms with Crippen LogP contribution < -0.4 is 4.74 Å². The highest BCUT2D eigenvalue weighted by molar-refractivity contribution is 5.20. The number of ether oxygens (including phenoxy) is 2. The molecule has 0 fully saturated rings. The van der Waals surface area contributed by atoms with Crippen molar-refractivity contribution in [2.24, 2.45) is 0 Å². The van der Waals surface area contributed by atoms with Crippen LogP contribution >= 0.6 is 0 Å². The van der Waals surface area contributed by atoms with Crippen molar-refractivity contribution in [2.75, 3.05) is 13.2 Å². The van der Waals surface area contributed by atoms with Crippen LogP contribution in [0.2, 0.25) is 0 Å². The van der Waals surface area contributed by atoms with Crippen molar-refractivity contribution >= 4 is 0 Å². The molecule has 86 valence electrons. The number of hydrogen-bond donors (Lipinski definition) is 0. The fraction of sp³-hybridized carbons (Fsp3) is 0.538. The van der Waals surface area contributed by atoms with Crippen LogP contribution in [0.25, 0.3) is 0 Å². The summed E-state index contributed by atoms with van der Waals surface area (Å²) >= 11 is 0. The number of rotatable bonds is 5. The molecule has 1 aromatic carbocycles. The van der Waals surface area contributed by atoms with Crippen molar-refractivity contribution in [3.05, 3.63) is 30.3 Å². The third kappa shape index (κ3) is 8.01. The Bertz CT molecular complexity index is 219. The first kappa shape index (κ1) is 14.0. The molecule has 15 heavy (non-hydrogen) atoms. The summed E-state index contributed by atoms with van der Waals surface area (Å²) < 4.78 is 10.8. The predicted molar refractivity (Wildman–Crippen MR) is 64.4 cm³/mol. The summed E-state index contributed by atoms with van der Waals surface area (Å²) in [7, 11) is 0. The van der Waals surface area contributed by atoms with Crippen molar-refractivity contribution in [3.63, 3.8) is 0 Å². The average Bonchev–Trinajstić information content (AvgIpc) is 2.28. The summed E-state index contributed by atoms with van der Waals surface area (Å²) in [4.78, 5) is 0. The predicted octanol–water partition coefficient (Wildman–Crippen LogP) is 3.52. The van der Waals surface area contributed by atoms with E-state index in [1.807, 2.05) is 58.0 Å². The Morgan fingerprint density at radius 2 is 1.60 bits per heavy atom. The molecule has 2 nitrogen and oxygen atoms in total. The van der Waals surface area contributed by atoms with Crippen LogP contribution in [0.15, 0.2) is 30.3 Å². The van der Waals surface area contributed by atoms with Crippen LogP contribution in [0.5, 0.6) is 5.75 Å². The molecule has 0 aliphatic heterocycles. The van der Waals surface area contributed by atoms with Gasteiger partial charge in [-0.3, -0.25) is 0 Å². The van der Waals surface area contributed by atoms with E-state index in [0.29, 0.717) is 13.2 Å². The minimum absolute atomic E-state index is 0.277. The first-order valence-electron chi connectivity index (χ1n) is 5.58. The highest BCUT2D eigenvalue weighted by Gasteiger charge is 1.93. The van der Waals surface area contributed by atoms with Crippen molar-refractivity contribution in [3.8, 4) is 5.75 Å². The molecule has 0 aliphatic rings. The zero-order chi connectivity index (χ0) is 11.5. The van der Waals surface area contributed by atoms with Gasteiger partial charge >= 0.3 is 0 Å². The molecule has 0 spiro atoms. The zero-order valence-electron chi connectivity index (χ0n) is 10.2. The van der Waals surface area contributed by atoms with E-state index < -0.39 is 0 Å². The molecule has 0 aliphatic carbocycles. The first-order chi connectivity index (χ1) is 7.29. The van der Waals surface area contributed by atoms with Gasteiger partial charge in [-0.1, -0.05) is 32.0 Å². The summed E-state index contributed by atoms with van der Waals surface area (Å²) in [5.74, 6) is 0.898. The van der Waals surface area contributed by atoms with Gasteiger partial charge < -0.3 is 9.47 Å². The minimum atomic E-state index is 0.277. The van der Waals surface area contributed by atoms with Crippen LogP contribution in [0.1, 0.15) is 27.7 Å². The van der Waals surface area contributed by atoms with Gasteiger partial charge in [0, 0.05) is 0 Å². The van der Waals surface area contributed by atoms with E-state index in [1.165, 1.54) is 0 Å². The van der Waals surface area contributed by atoms with Gasteiger partial charge in [-0.15, -0.1) is 0 Å². The van der Waals surface area contributed by atoms with Crippen LogP contribution in [0.4, 0.5) is 0 Å². The average molecular weight is 210 g/mol. The lowest BCUT2D eigenvalue weighted by Crippen LogP contribution is -2.11. The fourth-order valence-corrected chi connectivity index (χ4v) is 0.960. The summed E-state index contributed by atoms with van der Waals surface area (Å²) in [6, 6.07) is 9.76. The zero-order valence-corrected chi connectivity index (χ0v) is 10.2. The molecule has 0 saturated carbocycles. The highest BCUT2D eigenvalue weighted by Crippen LogP contribution is 2.07. The Kier molecular flexibility index (Phi) is 8.88. The normalized spacial score (nSPS) is 9.40.